The minimum atomic E-state index is -0.406. The molecule has 0 radical (unpaired) electrons. The van der Waals surface area contributed by atoms with Crippen molar-refractivity contribution in [3.63, 3.8) is 0 Å². The molecule has 0 aliphatic heterocycles. The number of hydrogen-bond donors (Lipinski definition) is 2. The van der Waals surface area contributed by atoms with E-state index in [2.05, 4.69) is 0 Å². The van der Waals surface area contributed by atoms with Gasteiger partial charge in [-0.1, -0.05) is 12.1 Å². The molecule has 1 aromatic carbocycles. The fourth-order valence-electron chi connectivity index (χ4n) is 0.902. The first-order chi connectivity index (χ1) is 6.65. The van der Waals surface area contributed by atoms with Crippen molar-refractivity contribution in [3.8, 4) is 0 Å². The largest absolute Gasteiger partial charge is 0.293 e. The average Bonchev–Trinajstić information content (AvgIpc) is 2.20. The first-order valence-electron chi connectivity index (χ1n) is 4.06. The van der Waals surface area contributed by atoms with Gasteiger partial charge in [-0.15, -0.1) is 11.8 Å². The number of thioether (sulfide) groups is 1. The molecule has 0 bridgehead atoms. The van der Waals surface area contributed by atoms with Crippen LogP contribution in [-0.2, 0) is 4.79 Å². The van der Waals surface area contributed by atoms with Gasteiger partial charge in [-0.2, -0.15) is 0 Å². The van der Waals surface area contributed by atoms with Crippen LogP contribution in [0.2, 0.25) is 0 Å². The maximum absolute atomic E-state index is 13.1. The van der Waals surface area contributed by atoms with E-state index in [9.17, 15) is 9.18 Å². The lowest BCUT2D eigenvalue weighted by molar-refractivity contribution is -0.120. The Kier molecular flexibility index (Phi) is 3.91. The Morgan fingerprint density at radius 2 is 2.21 bits per heavy atom. The molecule has 0 saturated heterocycles. The normalized spacial score (nSPS) is 12.2. The summed E-state index contributed by atoms with van der Waals surface area (Å²) in [4.78, 5) is 11.5. The molecule has 3 N–H and O–H groups in total. The van der Waals surface area contributed by atoms with Crippen LogP contribution in [0.25, 0.3) is 0 Å². The third-order valence-corrected chi connectivity index (χ3v) is 2.80. The second kappa shape index (κ2) is 4.97. The number of carbonyl (C=O) groups excluding carboxylic acids is 1. The molecule has 1 amide bonds. The van der Waals surface area contributed by atoms with Crippen molar-refractivity contribution in [1.29, 1.82) is 0 Å². The molecule has 1 rings (SSSR count). The van der Waals surface area contributed by atoms with Crippen LogP contribution in [0.15, 0.2) is 29.2 Å². The lowest BCUT2D eigenvalue weighted by atomic mass is 10.3. The molecule has 0 aliphatic carbocycles. The van der Waals surface area contributed by atoms with Crippen molar-refractivity contribution in [3.05, 3.63) is 30.1 Å². The van der Waals surface area contributed by atoms with E-state index in [0.29, 0.717) is 4.90 Å². The van der Waals surface area contributed by atoms with Gasteiger partial charge in [-0.05, 0) is 19.1 Å². The van der Waals surface area contributed by atoms with Gasteiger partial charge in [0, 0.05) is 4.90 Å². The molecule has 1 atom stereocenters. The fraction of sp³-hybridized carbons (Fsp3) is 0.222. The Bertz CT molecular complexity index is 332. The van der Waals surface area contributed by atoms with Gasteiger partial charge in [0.25, 0.3) is 0 Å². The minimum absolute atomic E-state index is 0.321. The lowest BCUT2D eigenvalue weighted by Gasteiger charge is -2.09. The van der Waals surface area contributed by atoms with Crippen molar-refractivity contribution in [1.82, 2.24) is 5.43 Å². The molecular formula is C9H11FN2OS. The molecule has 76 valence electrons. The smallest absolute Gasteiger partial charge is 0.247 e. The number of halogens is 1. The minimum Gasteiger partial charge on any atom is -0.293 e. The second-order valence-corrected chi connectivity index (χ2v) is 4.08. The van der Waals surface area contributed by atoms with Crippen molar-refractivity contribution in [2.24, 2.45) is 5.84 Å². The quantitative estimate of drug-likeness (QED) is 0.345. The Morgan fingerprint density at radius 1 is 1.57 bits per heavy atom. The summed E-state index contributed by atoms with van der Waals surface area (Å²) in [6, 6.07) is 6.31. The van der Waals surface area contributed by atoms with E-state index in [-0.39, 0.29) is 11.7 Å². The molecule has 3 nitrogen and oxygen atoms in total. The summed E-state index contributed by atoms with van der Waals surface area (Å²) in [5.41, 5.74) is 2.02. The SMILES string of the molecule is CC(Sc1ccccc1F)C(=O)NN. The highest BCUT2D eigenvalue weighted by Gasteiger charge is 2.14. The summed E-state index contributed by atoms with van der Waals surface area (Å²) in [7, 11) is 0. The molecule has 0 aliphatic rings. The van der Waals surface area contributed by atoms with E-state index in [1.807, 2.05) is 5.43 Å². The molecule has 0 aromatic heterocycles. The van der Waals surface area contributed by atoms with Crippen LogP contribution in [0.1, 0.15) is 6.92 Å². The molecule has 1 aromatic rings. The first kappa shape index (κ1) is 11.0. The summed E-state index contributed by atoms with van der Waals surface area (Å²) in [5, 5.41) is -0.406. The number of benzene rings is 1. The van der Waals surface area contributed by atoms with Gasteiger partial charge >= 0.3 is 0 Å². The molecular weight excluding hydrogens is 203 g/mol. The van der Waals surface area contributed by atoms with Crippen LogP contribution < -0.4 is 11.3 Å². The average molecular weight is 214 g/mol. The standard InChI is InChI=1S/C9H11FN2OS/c1-6(9(13)12-11)14-8-5-3-2-4-7(8)10/h2-6H,11H2,1H3,(H,12,13). The molecule has 0 spiro atoms. The van der Waals surface area contributed by atoms with Crippen LogP contribution >= 0.6 is 11.8 Å². The zero-order chi connectivity index (χ0) is 10.6. The number of hydrogen-bond acceptors (Lipinski definition) is 3. The monoisotopic (exact) mass is 214 g/mol. The molecule has 14 heavy (non-hydrogen) atoms. The van der Waals surface area contributed by atoms with Crippen LogP contribution in [0.5, 0.6) is 0 Å². The number of amides is 1. The Morgan fingerprint density at radius 3 is 2.79 bits per heavy atom. The highest BCUT2D eigenvalue weighted by atomic mass is 32.2. The Balaban J connectivity index is 2.69. The number of hydrazine groups is 1. The van der Waals surface area contributed by atoms with Gasteiger partial charge < -0.3 is 0 Å². The van der Waals surface area contributed by atoms with E-state index in [4.69, 9.17) is 5.84 Å². The van der Waals surface area contributed by atoms with E-state index in [0.717, 1.165) is 11.8 Å². The molecule has 5 heteroatoms. The third-order valence-electron chi connectivity index (χ3n) is 1.65. The summed E-state index contributed by atoms with van der Waals surface area (Å²) < 4.78 is 13.1. The van der Waals surface area contributed by atoms with Crippen molar-refractivity contribution >= 4 is 17.7 Å². The number of nitrogens with two attached hydrogens (primary N) is 1. The van der Waals surface area contributed by atoms with Gasteiger partial charge in [0.2, 0.25) is 5.91 Å². The maximum Gasteiger partial charge on any atom is 0.247 e. The molecule has 0 heterocycles. The van der Waals surface area contributed by atoms with Gasteiger partial charge in [0.05, 0.1) is 5.25 Å². The highest BCUT2D eigenvalue weighted by molar-refractivity contribution is 8.00. The Labute approximate surface area is 85.8 Å². The third kappa shape index (κ3) is 2.71. The summed E-state index contributed by atoms with van der Waals surface area (Å²) >= 11 is 1.14. The zero-order valence-electron chi connectivity index (χ0n) is 7.66. The van der Waals surface area contributed by atoms with Crippen molar-refractivity contribution < 1.29 is 9.18 Å². The lowest BCUT2D eigenvalue weighted by Crippen LogP contribution is -2.36. The Hall–Kier alpha value is -1.07. The summed E-state index contributed by atoms with van der Waals surface area (Å²) in [6.45, 7) is 1.67. The van der Waals surface area contributed by atoms with Crippen LogP contribution in [-0.4, -0.2) is 11.2 Å². The topological polar surface area (TPSA) is 55.1 Å². The highest BCUT2D eigenvalue weighted by Crippen LogP contribution is 2.25. The molecule has 1 unspecified atom stereocenters. The summed E-state index contributed by atoms with van der Waals surface area (Å²) in [5.74, 6) is 4.31. The van der Waals surface area contributed by atoms with Crippen LogP contribution in [0.4, 0.5) is 4.39 Å². The van der Waals surface area contributed by atoms with Crippen LogP contribution in [0, 0.1) is 5.82 Å². The van der Waals surface area contributed by atoms with Crippen molar-refractivity contribution in [2.75, 3.05) is 0 Å². The maximum atomic E-state index is 13.1. The fourth-order valence-corrected chi connectivity index (χ4v) is 1.80. The molecule has 0 fully saturated rings. The zero-order valence-corrected chi connectivity index (χ0v) is 8.48. The van der Waals surface area contributed by atoms with Gasteiger partial charge in [-0.3, -0.25) is 10.2 Å². The summed E-state index contributed by atoms with van der Waals surface area (Å²) in [6.07, 6.45) is 0. The van der Waals surface area contributed by atoms with Gasteiger partial charge in [0.1, 0.15) is 5.82 Å². The number of rotatable bonds is 3. The van der Waals surface area contributed by atoms with E-state index in [1.165, 1.54) is 6.07 Å². The van der Waals surface area contributed by atoms with E-state index >= 15 is 0 Å². The van der Waals surface area contributed by atoms with Gasteiger partial charge in [-0.25, -0.2) is 10.2 Å². The van der Waals surface area contributed by atoms with Crippen LogP contribution in [0.3, 0.4) is 0 Å². The molecule has 0 saturated carbocycles. The predicted molar refractivity (Wildman–Crippen MR) is 54.0 cm³/mol. The van der Waals surface area contributed by atoms with E-state index < -0.39 is 5.25 Å². The van der Waals surface area contributed by atoms with Crippen molar-refractivity contribution in [2.45, 2.75) is 17.1 Å². The second-order valence-electron chi connectivity index (χ2n) is 2.70. The van der Waals surface area contributed by atoms with Gasteiger partial charge in [0.15, 0.2) is 0 Å². The van der Waals surface area contributed by atoms with E-state index in [1.54, 1.807) is 25.1 Å². The first-order valence-corrected chi connectivity index (χ1v) is 4.94. The number of nitrogens with one attached hydrogen (secondary N) is 1. The predicted octanol–water partition coefficient (Wildman–Crippen LogP) is 1.30. The number of carbonyl (C=O) groups is 1.